The molecule has 3 atom stereocenters. The van der Waals surface area contributed by atoms with Crippen LogP contribution in [-0.2, 0) is 9.63 Å². The minimum atomic E-state index is -0.861. The maximum atomic E-state index is 10.7. The number of carbonyl (C=O) groups is 1. The Hall–Kier alpha value is -0.650. The van der Waals surface area contributed by atoms with Crippen LogP contribution in [0.2, 0.25) is 0 Å². The summed E-state index contributed by atoms with van der Waals surface area (Å²) in [6, 6.07) is -0.861. The van der Waals surface area contributed by atoms with Crippen molar-refractivity contribution in [3.05, 3.63) is 0 Å². The van der Waals surface area contributed by atoms with E-state index in [4.69, 9.17) is 10.8 Å². The van der Waals surface area contributed by atoms with Crippen LogP contribution in [0, 0.1) is 5.92 Å². The Kier molecular flexibility index (Phi) is 4.02. The van der Waals surface area contributed by atoms with Crippen LogP contribution in [0.4, 0.5) is 0 Å². The topological polar surface area (TPSA) is 98.6 Å². The van der Waals surface area contributed by atoms with E-state index in [0.717, 1.165) is 0 Å². The van der Waals surface area contributed by atoms with Gasteiger partial charge < -0.3 is 15.7 Å². The van der Waals surface area contributed by atoms with Gasteiger partial charge in [-0.2, -0.15) is 5.90 Å². The molecular weight excluding hydrogens is 148 g/mol. The molecule has 0 saturated carbocycles. The molecule has 0 aliphatic carbocycles. The molecule has 0 amide bonds. The summed E-state index contributed by atoms with van der Waals surface area (Å²) in [6.45, 7) is 3.20. The predicted molar refractivity (Wildman–Crippen MR) is 39.1 cm³/mol. The molecule has 0 rings (SSSR count). The molecule has 0 fully saturated rings. The molecule has 0 heterocycles. The fraction of sp³-hybridized carbons (Fsp3) is 0.833. The lowest BCUT2D eigenvalue weighted by atomic mass is 9.98. The van der Waals surface area contributed by atoms with E-state index in [2.05, 4.69) is 10.7 Å². The zero-order valence-electron chi connectivity index (χ0n) is 6.65. The zero-order valence-corrected chi connectivity index (χ0v) is 6.65. The third-order valence-corrected chi connectivity index (χ3v) is 1.72. The van der Waals surface area contributed by atoms with Crippen molar-refractivity contribution < 1.29 is 14.7 Å². The van der Waals surface area contributed by atoms with Crippen molar-refractivity contribution in [2.75, 3.05) is 0 Å². The Morgan fingerprint density at radius 2 is 2.00 bits per heavy atom. The molecule has 11 heavy (non-hydrogen) atoms. The Morgan fingerprint density at radius 1 is 1.55 bits per heavy atom. The van der Waals surface area contributed by atoms with Crippen LogP contribution in [0.5, 0.6) is 0 Å². The summed E-state index contributed by atoms with van der Waals surface area (Å²) in [7, 11) is 0. The van der Waals surface area contributed by atoms with E-state index in [-0.39, 0.29) is 5.92 Å². The summed E-state index contributed by atoms with van der Waals surface area (Å²) in [5, 5.41) is 9.01. The van der Waals surface area contributed by atoms with E-state index in [1.807, 2.05) is 0 Å². The van der Waals surface area contributed by atoms with Gasteiger partial charge in [0, 0.05) is 5.92 Å². The summed E-state index contributed by atoms with van der Waals surface area (Å²) in [6.07, 6.45) is -0.649. The maximum absolute atomic E-state index is 10.7. The summed E-state index contributed by atoms with van der Waals surface area (Å²) >= 11 is 0. The number of aliphatic hydroxyl groups is 1. The smallest absolute Gasteiger partial charge is 0.341 e. The number of hydrogen-bond acceptors (Lipinski definition) is 5. The first kappa shape index (κ1) is 10.3. The summed E-state index contributed by atoms with van der Waals surface area (Å²) < 4.78 is 0. The van der Waals surface area contributed by atoms with Crippen molar-refractivity contribution in [3.63, 3.8) is 0 Å². The minimum Gasteiger partial charge on any atom is -0.393 e. The van der Waals surface area contributed by atoms with Gasteiger partial charge in [0.1, 0.15) is 6.04 Å². The van der Waals surface area contributed by atoms with Crippen molar-refractivity contribution in [1.29, 1.82) is 0 Å². The minimum absolute atomic E-state index is 0.356. The van der Waals surface area contributed by atoms with Crippen LogP contribution < -0.4 is 11.6 Å². The predicted octanol–water partition coefficient (Wildman–Crippen LogP) is -1.25. The highest BCUT2D eigenvalue weighted by Crippen LogP contribution is 2.06. The van der Waals surface area contributed by atoms with Gasteiger partial charge in [0.2, 0.25) is 0 Å². The van der Waals surface area contributed by atoms with Gasteiger partial charge in [-0.1, -0.05) is 6.92 Å². The second kappa shape index (κ2) is 4.27. The molecule has 0 saturated heterocycles. The standard InChI is InChI=1S/C6H14N2O3/c1-3(4(2)9)5(7)6(10)11-8/h3-5,9H,7-8H2,1-2H3/t3-,4?,5-/m0/s1. The molecular formula is C6H14N2O3. The lowest BCUT2D eigenvalue weighted by Gasteiger charge is -2.19. The normalized spacial score (nSPS) is 18.6. The fourth-order valence-corrected chi connectivity index (χ4v) is 0.593. The first-order valence-electron chi connectivity index (χ1n) is 3.35. The number of aliphatic hydroxyl groups excluding tert-OH is 1. The molecule has 0 aliphatic rings. The van der Waals surface area contributed by atoms with E-state index in [1.165, 1.54) is 0 Å². The molecule has 0 spiro atoms. The second-order valence-electron chi connectivity index (χ2n) is 2.56. The number of carbonyl (C=O) groups excluding carboxylic acids is 1. The molecule has 0 aromatic carbocycles. The molecule has 5 nitrogen and oxygen atoms in total. The molecule has 0 aromatic heterocycles. The van der Waals surface area contributed by atoms with E-state index >= 15 is 0 Å². The number of nitrogens with two attached hydrogens (primary N) is 2. The highest BCUT2D eigenvalue weighted by Gasteiger charge is 2.25. The monoisotopic (exact) mass is 162 g/mol. The largest absolute Gasteiger partial charge is 0.393 e. The van der Waals surface area contributed by atoms with Crippen LogP contribution in [0.1, 0.15) is 13.8 Å². The maximum Gasteiger partial charge on any atom is 0.341 e. The van der Waals surface area contributed by atoms with Gasteiger partial charge in [0.05, 0.1) is 6.10 Å². The van der Waals surface area contributed by atoms with Gasteiger partial charge >= 0.3 is 5.97 Å². The Labute approximate surface area is 65.3 Å². The van der Waals surface area contributed by atoms with Gasteiger partial charge in [-0.3, -0.25) is 0 Å². The fourth-order valence-electron chi connectivity index (χ4n) is 0.593. The molecule has 1 unspecified atom stereocenters. The molecule has 66 valence electrons. The van der Waals surface area contributed by atoms with Crippen molar-refractivity contribution in [1.82, 2.24) is 0 Å². The second-order valence-corrected chi connectivity index (χ2v) is 2.56. The van der Waals surface area contributed by atoms with Crippen LogP contribution in [-0.4, -0.2) is 23.2 Å². The average molecular weight is 162 g/mol. The molecule has 0 aromatic rings. The van der Waals surface area contributed by atoms with E-state index in [1.54, 1.807) is 13.8 Å². The first-order chi connectivity index (χ1) is 5.00. The van der Waals surface area contributed by atoms with Crippen LogP contribution in [0.25, 0.3) is 0 Å². The van der Waals surface area contributed by atoms with Crippen LogP contribution in [0.3, 0.4) is 0 Å². The van der Waals surface area contributed by atoms with Gasteiger partial charge in [-0.25, -0.2) is 4.79 Å². The van der Waals surface area contributed by atoms with Gasteiger partial charge in [-0.05, 0) is 6.92 Å². The lowest BCUT2D eigenvalue weighted by molar-refractivity contribution is -0.148. The third-order valence-electron chi connectivity index (χ3n) is 1.72. The quantitative estimate of drug-likeness (QED) is 0.450. The Balaban J connectivity index is 4.01. The summed E-state index contributed by atoms with van der Waals surface area (Å²) in [5.74, 6) is 3.53. The van der Waals surface area contributed by atoms with Gasteiger partial charge in [-0.15, -0.1) is 0 Å². The number of rotatable bonds is 3. The van der Waals surface area contributed by atoms with Gasteiger partial charge in [0.25, 0.3) is 0 Å². The molecule has 0 radical (unpaired) electrons. The van der Waals surface area contributed by atoms with Gasteiger partial charge in [0.15, 0.2) is 0 Å². The van der Waals surface area contributed by atoms with Crippen LogP contribution in [0.15, 0.2) is 0 Å². The highest BCUT2D eigenvalue weighted by atomic mass is 16.7. The Bertz CT molecular complexity index is 138. The summed E-state index contributed by atoms with van der Waals surface area (Å²) in [4.78, 5) is 14.6. The number of hydrogen-bond donors (Lipinski definition) is 3. The van der Waals surface area contributed by atoms with E-state index in [0.29, 0.717) is 0 Å². The molecule has 5 N–H and O–H groups in total. The molecule has 0 bridgehead atoms. The van der Waals surface area contributed by atoms with Crippen molar-refractivity contribution in [2.45, 2.75) is 26.0 Å². The average Bonchev–Trinajstić information content (AvgIpc) is 2.00. The van der Waals surface area contributed by atoms with Crippen molar-refractivity contribution in [2.24, 2.45) is 17.5 Å². The third kappa shape index (κ3) is 2.83. The Morgan fingerprint density at radius 3 is 2.27 bits per heavy atom. The van der Waals surface area contributed by atoms with Crippen LogP contribution >= 0.6 is 0 Å². The summed E-state index contributed by atoms with van der Waals surface area (Å²) in [5.41, 5.74) is 5.36. The lowest BCUT2D eigenvalue weighted by Crippen LogP contribution is -2.43. The SMILES string of the molecule is CC(O)[C@H](C)[C@H](N)C(=O)ON. The molecule has 0 aliphatic heterocycles. The zero-order chi connectivity index (χ0) is 9.02. The van der Waals surface area contributed by atoms with E-state index in [9.17, 15) is 4.79 Å². The highest BCUT2D eigenvalue weighted by molar-refractivity contribution is 5.75. The van der Waals surface area contributed by atoms with Crippen molar-refractivity contribution in [3.8, 4) is 0 Å². The van der Waals surface area contributed by atoms with Crippen molar-refractivity contribution >= 4 is 5.97 Å². The van der Waals surface area contributed by atoms with E-state index < -0.39 is 18.1 Å². The molecule has 5 heteroatoms. The first-order valence-corrected chi connectivity index (χ1v) is 3.35.